The topological polar surface area (TPSA) is 52.7 Å². The molecule has 2 aliphatic rings. The summed E-state index contributed by atoms with van der Waals surface area (Å²) in [5.41, 5.74) is 0. The highest BCUT2D eigenvalue weighted by molar-refractivity contribution is 7.99. The van der Waals surface area contributed by atoms with E-state index in [1.165, 1.54) is 0 Å². The molecule has 5 nitrogen and oxygen atoms in total. The lowest BCUT2D eigenvalue weighted by Crippen LogP contribution is -2.50. The minimum absolute atomic E-state index is 0.0802. The molecule has 1 heterocycles. The minimum Gasteiger partial charge on any atom is -0.343 e. The molecular formula is C14H25N3O2S. The maximum absolute atomic E-state index is 12.5. The SMILES string of the molecule is CNCCN(C)C(=O)C1CSCN1C(=O)C1CCCC1. The average molecular weight is 299 g/mol. The highest BCUT2D eigenvalue weighted by Crippen LogP contribution is 2.31. The van der Waals surface area contributed by atoms with Crippen molar-refractivity contribution in [1.29, 1.82) is 0 Å². The zero-order valence-corrected chi connectivity index (χ0v) is 13.2. The van der Waals surface area contributed by atoms with E-state index in [-0.39, 0.29) is 23.8 Å². The van der Waals surface area contributed by atoms with Crippen LogP contribution in [0.15, 0.2) is 0 Å². The normalized spacial score (nSPS) is 23.3. The second-order valence-electron chi connectivity index (χ2n) is 5.67. The number of thioether (sulfide) groups is 1. The Morgan fingerprint density at radius 1 is 1.35 bits per heavy atom. The zero-order chi connectivity index (χ0) is 14.5. The van der Waals surface area contributed by atoms with Gasteiger partial charge in [0.05, 0.1) is 5.88 Å². The van der Waals surface area contributed by atoms with E-state index < -0.39 is 0 Å². The van der Waals surface area contributed by atoms with Crippen molar-refractivity contribution in [2.45, 2.75) is 31.7 Å². The average Bonchev–Trinajstić information content (AvgIpc) is 3.13. The predicted octanol–water partition coefficient (Wildman–Crippen LogP) is 0.756. The number of hydrogen-bond acceptors (Lipinski definition) is 4. The minimum atomic E-state index is -0.255. The van der Waals surface area contributed by atoms with Gasteiger partial charge in [0, 0.05) is 31.8 Å². The van der Waals surface area contributed by atoms with Gasteiger partial charge in [0.2, 0.25) is 11.8 Å². The number of carbonyl (C=O) groups excluding carboxylic acids is 2. The summed E-state index contributed by atoms with van der Waals surface area (Å²) in [7, 11) is 3.69. The standard InChI is InChI=1S/C14H25N3O2S/c1-15-7-8-16(2)14(19)12-9-20-10-17(12)13(18)11-5-3-4-6-11/h11-12,15H,3-10H2,1-2H3. The van der Waals surface area contributed by atoms with E-state index in [1.807, 2.05) is 19.0 Å². The Kier molecular flexibility index (Phi) is 5.72. The number of likely N-dealkylation sites (N-methyl/N-ethyl adjacent to an activating group) is 2. The van der Waals surface area contributed by atoms with Gasteiger partial charge in [0.25, 0.3) is 0 Å². The largest absolute Gasteiger partial charge is 0.343 e. The lowest BCUT2D eigenvalue weighted by atomic mass is 10.1. The van der Waals surface area contributed by atoms with Crippen LogP contribution >= 0.6 is 11.8 Å². The molecule has 0 bridgehead atoms. The van der Waals surface area contributed by atoms with Crippen LogP contribution in [0.25, 0.3) is 0 Å². The van der Waals surface area contributed by atoms with Gasteiger partial charge in [-0.2, -0.15) is 0 Å². The van der Waals surface area contributed by atoms with Crippen LogP contribution in [-0.2, 0) is 9.59 Å². The molecule has 0 aromatic carbocycles. The third kappa shape index (κ3) is 3.47. The van der Waals surface area contributed by atoms with Gasteiger partial charge < -0.3 is 15.1 Å². The lowest BCUT2D eigenvalue weighted by molar-refractivity contribution is -0.144. The molecule has 1 saturated carbocycles. The number of hydrogen-bond donors (Lipinski definition) is 1. The zero-order valence-electron chi connectivity index (χ0n) is 12.4. The van der Waals surface area contributed by atoms with Crippen molar-refractivity contribution in [3.63, 3.8) is 0 Å². The maximum Gasteiger partial charge on any atom is 0.246 e. The Morgan fingerprint density at radius 3 is 2.70 bits per heavy atom. The van der Waals surface area contributed by atoms with Crippen molar-refractivity contribution in [2.75, 3.05) is 38.8 Å². The molecule has 6 heteroatoms. The Bertz CT molecular complexity index is 358. The number of rotatable bonds is 5. The number of amides is 2. The molecule has 2 fully saturated rings. The first-order valence-corrected chi connectivity index (χ1v) is 8.58. The predicted molar refractivity (Wildman–Crippen MR) is 81.5 cm³/mol. The van der Waals surface area contributed by atoms with Gasteiger partial charge in [-0.1, -0.05) is 12.8 Å². The molecule has 2 rings (SSSR count). The summed E-state index contributed by atoms with van der Waals surface area (Å²) in [6.07, 6.45) is 4.29. The van der Waals surface area contributed by atoms with Crippen molar-refractivity contribution in [3.05, 3.63) is 0 Å². The van der Waals surface area contributed by atoms with Crippen LogP contribution in [0.5, 0.6) is 0 Å². The van der Waals surface area contributed by atoms with E-state index in [9.17, 15) is 9.59 Å². The molecule has 1 aliphatic carbocycles. The molecule has 114 valence electrons. The first-order chi connectivity index (χ1) is 9.65. The van der Waals surface area contributed by atoms with E-state index in [0.717, 1.165) is 38.0 Å². The van der Waals surface area contributed by atoms with Gasteiger partial charge in [-0.15, -0.1) is 11.8 Å². The van der Waals surface area contributed by atoms with Gasteiger partial charge in [0.1, 0.15) is 6.04 Å². The quantitative estimate of drug-likeness (QED) is 0.814. The summed E-state index contributed by atoms with van der Waals surface area (Å²) in [6.45, 7) is 1.46. The van der Waals surface area contributed by atoms with Crippen LogP contribution in [0.2, 0.25) is 0 Å². The summed E-state index contributed by atoms with van der Waals surface area (Å²) >= 11 is 1.69. The molecular weight excluding hydrogens is 274 g/mol. The van der Waals surface area contributed by atoms with Crippen molar-refractivity contribution in [2.24, 2.45) is 5.92 Å². The Labute approximate surface area is 125 Å². The van der Waals surface area contributed by atoms with E-state index in [1.54, 1.807) is 16.7 Å². The van der Waals surface area contributed by atoms with Gasteiger partial charge in [-0.3, -0.25) is 9.59 Å². The molecule has 0 aromatic heterocycles. The molecule has 1 N–H and O–H groups in total. The van der Waals surface area contributed by atoms with Gasteiger partial charge in [-0.05, 0) is 19.9 Å². The van der Waals surface area contributed by atoms with Crippen LogP contribution in [-0.4, -0.2) is 66.5 Å². The molecule has 1 unspecified atom stereocenters. The first kappa shape index (κ1) is 15.6. The molecule has 2 amide bonds. The van der Waals surface area contributed by atoms with E-state index >= 15 is 0 Å². The third-order valence-electron chi connectivity index (χ3n) is 4.23. The number of carbonyl (C=O) groups is 2. The Balaban J connectivity index is 1.95. The van der Waals surface area contributed by atoms with Gasteiger partial charge in [0.15, 0.2) is 0 Å². The van der Waals surface area contributed by atoms with Crippen molar-refractivity contribution in [1.82, 2.24) is 15.1 Å². The second kappa shape index (κ2) is 7.31. The monoisotopic (exact) mass is 299 g/mol. The summed E-state index contributed by atoms with van der Waals surface area (Å²) in [5.74, 6) is 1.85. The van der Waals surface area contributed by atoms with E-state index in [2.05, 4.69) is 5.32 Å². The van der Waals surface area contributed by atoms with Crippen molar-refractivity contribution in [3.8, 4) is 0 Å². The molecule has 0 aromatic rings. The van der Waals surface area contributed by atoms with Crippen LogP contribution in [0.4, 0.5) is 0 Å². The van der Waals surface area contributed by atoms with Crippen LogP contribution in [0.1, 0.15) is 25.7 Å². The highest BCUT2D eigenvalue weighted by atomic mass is 32.2. The van der Waals surface area contributed by atoms with Crippen LogP contribution < -0.4 is 5.32 Å². The van der Waals surface area contributed by atoms with E-state index in [0.29, 0.717) is 12.4 Å². The Morgan fingerprint density at radius 2 is 2.05 bits per heavy atom. The molecule has 1 saturated heterocycles. The van der Waals surface area contributed by atoms with Crippen LogP contribution in [0.3, 0.4) is 0 Å². The molecule has 1 aliphatic heterocycles. The first-order valence-electron chi connectivity index (χ1n) is 7.43. The maximum atomic E-state index is 12.5. The fourth-order valence-corrected chi connectivity index (χ4v) is 4.07. The third-order valence-corrected chi connectivity index (χ3v) is 5.24. The second-order valence-corrected chi connectivity index (χ2v) is 6.67. The highest BCUT2D eigenvalue weighted by Gasteiger charge is 2.39. The lowest BCUT2D eigenvalue weighted by Gasteiger charge is -2.29. The van der Waals surface area contributed by atoms with Crippen molar-refractivity contribution >= 4 is 23.6 Å². The molecule has 20 heavy (non-hydrogen) atoms. The van der Waals surface area contributed by atoms with Gasteiger partial charge >= 0.3 is 0 Å². The Hall–Kier alpha value is -0.750. The summed E-state index contributed by atoms with van der Waals surface area (Å²) in [6, 6.07) is -0.255. The van der Waals surface area contributed by atoms with Gasteiger partial charge in [-0.25, -0.2) is 0 Å². The number of nitrogens with one attached hydrogen (secondary N) is 1. The summed E-state index contributed by atoms with van der Waals surface area (Å²) in [4.78, 5) is 28.6. The summed E-state index contributed by atoms with van der Waals surface area (Å²) < 4.78 is 0. The molecule has 0 radical (unpaired) electrons. The van der Waals surface area contributed by atoms with Crippen LogP contribution in [0, 0.1) is 5.92 Å². The number of nitrogens with zero attached hydrogens (tertiary/aromatic N) is 2. The van der Waals surface area contributed by atoms with E-state index in [4.69, 9.17) is 0 Å². The molecule has 0 spiro atoms. The molecule has 1 atom stereocenters. The smallest absolute Gasteiger partial charge is 0.246 e. The summed E-state index contributed by atoms with van der Waals surface area (Å²) in [5, 5.41) is 3.04. The fourth-order valence-electron chi connectivity index (χ4n) is 2.92. The fraction of sp³-hybridized carbons (Fsp3) is 0.857. The van der Waals surface area contributed by atoms with Crippen molar-refractivity contribution < 1.29 is 9.59 Å².